The van der Waals surface area contributed by atoms with Crippen molar-refractivity contribution in [2.45, 2.75) is 121 Å². The van der Waals surface area contributed by atoms with Crippen LogP contribution in [0.4, 0.5) is 0 Å². The van der Waals surface area contributed by atoms with Gasteiger partial charge >= 0.3 is 0 Å². The Bertz CT molecular complexity index is 2690. The van der Waals surface area contributed by atoms with E-state index >= 15 is 0 Å². The van der Waals surface area contributed by atoms with Gasteiger partial charge in [0.05, 0.1) is 38.0 Å². The largest absolute Gasteiger partial charge is 0.391 e. The van der Waals surface area contributed by atoms with Crippen molar-refractivity contribution in [3.05, 3.63) is 90.1 Å². The lowest BCUT2D eigenvalue weighted by atomic mass is 10.00. The number of carbonyl (C=O) groups excluding carboxylic acids is 10. The normalized spacial score (nSPS) is 14.6. The summed E-state index contributed by atoms with van der Waals surface area (Å²) in [6.07, 6.45) is 5.00. The standard InChI is InChI=1S/C52H75N15O11S/c1-28(2)17-38(65-51(77)41(21-42(54)69)63-43(70)22-53)50(76)66-39(19-32-23-57-36-14-10-9-13-35(32)36)48(74)61-29(3)47(73)67-45(30(4)68)52(78)59-26-44(71)64-40(20-33-24-56-27-60-33)49(75)62-34(18-31-11-7-6-8-12-31)25-58-37(46(55)72)15-16-79-5/h6-14,23-24,27-30,34,37-41,45,57-58,68H,15-22,25-26,53H2,1-5H3,(H2,54,69)(H2,55,72)(H,56,60)(H,59,78)(H,61,74)(H,62,75)(H,63,70)(H,64,71)(H,65,77)(H,66,76)(H,67,73)/t29-,30+,34-,37-,38-,39-,40-,41-,45-/m0/s1. The molecule has 0 unspecified atom stereocenters. The topological polar surface area (TPSA) is 422 Å². The number of nitrogens with two attached hydrogens (primary N) is 3. The molecule has 0 radical (unpaired) electrons. The number of primary amides is 2. The molecule has 27 heteroatoms. The van der Waals surface area contributed by atoms with Crippen molar-refractivity contribution in [1.82, 2.24) is 62.8 Å². The molecular formula is C52H75N15O11S. The number of aliphatic hydroxyl groups is 1. The number of amides is 10. The molecule has 10 amide bonds. The molecule has 2 aromatic carbocycles. The molecule has 9 atom stereocenters. The average molecular weight is 1120 g/mol. The maximum absolute atomic E-state index is 14.2. The van der Waals surface area contributed by atoms with Crippen molar-refractivity contribution in [3.8, 4) is 0 Å². The average Bonchev–Trinajstić information content (AvgIpc) is 4.09. The minimum absolute atomic E-state index is 0.0403. The van der Waals surface area contributed by atoms with Crippen molar-refractivity contribution >= 4 is 81.7 Å². The van der Waals surface area contributed by atoms with E-state index in [9.17, 15) is 53.1 Å². The van der Waals surface area contributed by atoms with Gasteiger partial charge < -0.3 is 80.1 Å². The Morgan fingerprint density at radius 3 is 1.94 bits per heavy atom. The number of nitrogens with one attached hydrogen (secondary N) is 11. The van der Waals surface area contributed by atoms with Crippen LogP contribution in [0.2, 0.25) is 0 Å². The van der Waals surface area contributed by atoms with E-state index in [0.717, 1.165) is 16.5 Å². The predicted octanol–water partition coefficient (Wildman–Crippen LogP) is -3.09. The molecule has 0 aliphatic heterocycles. The second kappa shape index (κ2) is 32.1. The molecular weight excluding hydrogens is 1040 g/mol. The maximum atomic E-state index is 14.2. The third kappa shape index (κ3) is 21.5. The van der Waals surface area contributed by atoms with Gasteiger partial charge in [0.2, 0.25) is 59.1 Å². The molecule has 0 fully saturated rings. The van der Waals surface area contributed by atoms with Crippen LogP contribution in [0, 0.1) is 5.92 Å². The lowest BCUT2D eigenvalue weighted by Crippen LogP contribution is -2.60. The van der Waals surface area contributed by atoms with E-state index in [1.54, 1.807) is 56.1 Å². The van der Waals surface area contributed by atoms with Gasteiger partial charge in [-0.25, -0.2) is 4.98 Å². The number of aliphatic hydroxyl groups excluding tert-OH is 1. The van der Waals surface area contributed by atoms with Gasteiger partial charge in [-0.05, 0) is 68.2 Å². The fraction of sp³-hybridized carbons (Fsp3) is 0.481. The number of thioether (sulfide) groups is 1. The molecule has 430 valence electrons. The Balaban J connectivity index is 1.46. The Kier molecular flexibility index (Phi) is 25.9. The summed E-state index contributed by atoms with van der Waals surface area (Å²) in [5.41, 5.74) is 19.1. The van der Waals surface area contributed by atoms with Crippen LogP contribution in [0.3, 0.4) is 0 Å². The van der Waals surface area contributed by atoms with Crippen LogP contribution < -0.4 is 65.1 Å². The number of H-pyrrole nitrogens is 2. The number of aromatic nitrogens is 3. The van der Waals surface area contributed by atoms with Gasteiger partial charge in [-0.2, -0.15) is 11.8 Å². The van der Waals surface area contributed by atoms with E-state index in [1.807, 2.05) is 36.6 Å². The number of carbonyl (C=O) groups is 10. The SMILES string of the molecule is CSCC[C@H](NC[C@H](Cc1ccccc1)NC(=O)[C@H](Cc1cnc[nH]1)NC(=O)CNC(=O)[C@@H](NC(=O)[C@H](C)NC(=O)[C@H](Cc1c[nH]c2ccccc12)NC(=O)[C@H](CC(C)C)NC(=O)[C@H](CC(N)=O)NC(=O)CN)[C@@H](C)O)C(N)=O. The zero-order valence-corrected chi connectivity index (χ0v) is 45.7. The molecule has 2 heterocycles. The van der Waals surface area contributed by atoms with E-state index in [1.165, 1.54) is 26.4 Å². The number of benzene rings is 2. The number of nitrogens with zero attached hydrogens (tertiary/aromatic N) is 1. The van der Waals surface area contributed by atoms with Crippen LogP contribution in [-0.4, -0.2) is 165 Å². The van der Waals surface area contributed by atoms with Gasteiger partial charge in [0, 0.05) is 54.4 Å². The quantitative estimate of drug-likeness (QED) is 0.0220. The smallest absolute Gasteiger partial charge is 0.245 e. The molecule has 0 spiro atoms. The zero-order valence-electron chi connectivity index (χ0n) is 44.9. The fourth-order valence-electron chi connectivity index (χ4n) is 8.29. The fourth-order valence-corrected chi connectivity index (χ4v) is 8.76. The molecule has 26 nitrogen and oxygen atoms in total. The third-order valence-electron chi connectivity index (χ3n) is 12.4. The maximum Gasteiger partial charge on any atom is 0.245 e. The van der Waals surface area contributed by atoms with Crippen LogP contribution in [-0.2, 0) is 67.2 Å². The Hall–Kier alpha value is -7.88. The zero-order chi connectivity index (χ0) is 58.2. The summed E-state index contributed by atoms with van der Waals surface area (Å²) in [7, 11) is 0. The molecule has 0 saturated carbocycles. The second-order valence-electron chi connectivity index (χ2n) is 19.4. The number of rotatable bonds is 34. The molecule has 2 aromatic heterocycles. The first-order chi connectivity index (χ1) is 37.6. The first-order valence-electron chi connectivity index (χ1n) is 25.7. The highest BCUT2D eigenvalue weighted by Gasteiger charge is 2.34. The molecule has 0 bridgehead atoms. The van der Waals surface area contributed by atoms with Crippen LogP contribution in [0.5, 0.6) is 0 Å². The number of fused-ring (bicyclic) bond motifs is 1. The summed E-state index contributed by atoms with van der Waals surface area (Å²) in [5, 5.41) is 35.1. The molecule has 18 N–H and O–H groups in total. The third-order valence-corrected chi connectivity index (χ3v) is 13.1. The number of imidazole rings is 1. The van der Waals surface area contributed by atoms with Crippen molar-refractivity contribution in [3.63, 3.8) is 0 Å². The van der Waals surface area contributed by atoms with Crippen LogP contribution >= 0.6 is 11.8 Å². The van der Waals surface area contributed by atoms with Crippen LogP contribution in [0.15, 0.2) is 73.3 Å². The Labute approximate surface area is 461 Å². The van der Waals surface area contributed by atoms with Crippen molar-refractivity contribution in [1.29, 1.82) is 0 Å². The summed E-state index contributed by atoms with van der Waals surface area (Å²) in [6, 6.07) is 6.84. The van der Waals surface area contributed by atoms with Gasteiger partial charge in [-0.1, -0.05) is 62.4 Å². The molecule has 0 saturated heterocycles. The summed E-state index contributed by atoms with van der Waals surface area (Å²) >= 11 is 1.55. The predicted molar refractivity (Wildman–Crippen MR) is 295 cm³/mol. The van der Waals surface area contributed by atoms with E-state index in [0.29, 0.717) is 29.9 Å². The van der Waals surface area contributed by atoms with Gasteiger partial charge in [0.1, 0.15) is 36.3 Å². The first kappa shape index (κ1) is 63.7. The van der Waals surface area contributed by atoms with Crippen molar-refractivity contribution in [2.75, 3.05) is 31.6 Å². The van der Waals surface area contributed by atoms with Gasteiger partial charge in [-0.3, -0.25) is 47.9 Å². The summed E-state index contributed by atoms with van der Waals surface area (Å²) in [5.74, 6) is -7.66. The number of para-hydroxylation sites is 1. The van der Waals surface area contributed by atoms with Crippen LogP contribution in [0.25, 0.3) is 10.9 Å². The van der Waals surface area contributed by atoms with Crippen molar-refractivity contribution < 1.29 is 53.1 Å². The van der Waals surface area contributed by atoms with E-state index in [2.05, 4.69) is 62.8 Å². The first-order valence-corrected chi connectivity index (χ1v) is 27.1. The molecule has 0 aliphatic rings. The summed E-state index contributed by atoms with van der Waals surface area (Å²) in [6.45, 7) is 5.02. The van der Waals surface area contributed by atoms with Gasteiger partial charge in [0.25, 0.3) is 0 Å². The lowest BCUT2D eigenvalue weighted by Gasteiger charge is -2.27. The van der Waals surface area contributed by atoms with E-state index in [-0.39, 0.29) is 31.7 Å². The molecule has 79 heavy (non-hydrogen) atoms. The summed E-state index contributed by atoms with van der Waals surface area (Å²) < 4.78 is 0. The Morgan fingerprint density at radius 2 is 1.30 bits per heavy atom. The minimum atomic E-state index is -1.66. The highest BCUT2D eigenvalue weighted by atomic mass is 32.2. The Morgan fingerprint density at radius 1 is 0.671 bits per heavy atom. The van der Waals surface area contributed by atoms with E-state index < -0.39 is 133 Å². The minimum Gasteiger partial charge on any atom is -0.391 e. The lowest BCUT2D eigenvalue weighted by molar-refractivity contribution is -0.136. The molecule has 4 aromatic rings. The van der Waals surface area contributed by atoms with E-state index in [4.69, 9.17) is 17.2 Å². The highest BCUT2D eigenvalue weighted by molar-refractivity contribution is 7.98. The van der Waals surface area contributed by atoms with Crippen molar-refractivity contribution in [2.24, 2.45) is 23.1 Å². The number of aromatic amines is 2. The molecule has 4 rings (SSSR count). The summed E-state index contributed by atoms with van der Waals surface area (Å²) in [4.78, 5) is 143. The highest BCUT2D eigenvalue weighted by Crippen LogP contribution is 2.20. The number of hydrogen-bond acceptors (Lipinski definition) is 15. The number of hydrogen-bond donors (Lipinski definition) is 15. The monoisotopic (exact) mass is 1120 g/mol. The second-order valence-corrected chi connectivity index (χ2v) is 20.4. The van der Waals surface area contributed by atoms with Gasteiger partial charge in [-0.15, -0.1) is 0 Å². The van der Waals surface area contributed by atoms with Gasteiger partial charge in [0.15, 0.2) is 0 Å². The van der Waals surface area contributed by atoms with Crippen LogP contribution in [0.1, 0.15) is 63.8 Å². The molecule has 0 aliphatic carbocycles.